The van der Waals surface area contributed by atoms with E-state index in [-0.39, 0.29) is 5.92 Å². The third kappa shape index (κ3) is 4.10. The topological polar surface area (TPSA) is 65.4 Å². The van der Waals surface area contributed by atoms with E-state index in [0.29, 0.717) is 11.8 Å². The van der Waals surface area contributed by atoms with Crippen LogP contribution in [0.25, 0.3) is 0 Å². The van der Waals surface area contributed by atoms with Crippen LogP contribution in [0, 0.1) is 5.92 Å². The molecule has 0 unspecified atom stereocenters. The molecule has 2 aliphatic rings. The van der Waals surface area contributed by atoms with Gasteiger partial charge in [0, 0.05) is 30.6 Å². The summed E-state index contributed by atoms with van der Waals surface area (Å²) in [5.41, 5.74) is 2.61. The lowest BCUT2D eigenvalue weighted by Crippen LogP contribution is -2.45. The molecule has 0 saturated carbocycles. The number of amides is 1. The number of furan rings is 1. The molecule has 2 aromatic heterocycles. The van der Waals surface area contributed by atoms with Crippen LogP contribution in [0.3, 0.4) is 0 Å². The molecule has 2 saturated heterocycles. The van der Waals surface area contributed by atoms with Crippen molar-refractivity contribution < 1.29 is 9.21 Å². The van der Waals surface area contributed by atoms with Crippen LogP contribution in [0.15, 0.2) is 29.0 Å². The van der Waals surface area contributed by atoms with Crippen molar-refractivity contribution in [3.8, 4) is 0 Å². The Morgan fingerprint density at radius 1 is 1.22 bits per heavy atom. The summed E-state index contributed by atoms with van der Waals surface area (Å²) in [4.78, 5) is 17.5. The molecule has 2 fully saturated rings. The average Bonchev–Trinajstić information content (AvgIpc) is 3.40. The second-order valence-electron chi connectivity index (χ2n) is 7.89. The van der Waals surface area contributed by atoms with E-state index in [2.05, 4.69) is 26.9 Å². The highest BCUT2D eigenvalue weighted by atomic mass is 16.3. The molecule has 0 atom stereocenters. The third-order valence-electron chi connectivity index (χ3n) is 6.24. The molecule has 6 heteroatoms. The molecule has 0 radical (unpaired) electrons. The molecular weight excluding hydrogens is 340 g/mol. The van der Waals surface area contributed by atoms with Gasteiger partial charge in [0.2, 0.25) is 5.91 Å². The lowest BCUT2D eigenvalue weighted by Gasteiger charge is -2.37. The SMILES string of the molecule is CCc1cn[nH]c1C1CCN(C(=O)C2CCN(Cc3ccco3)CC2)CC1. The van der Waals surface area contributed by atoms with Crippen LogP contribution >= 0.6 is 0 Å². The zero-order chi connectivity index (χ0) is 18.6. The van der Waals surface area contributed by atoms with Gasteiger partial charge < -0.3 is 9.32 Å². The number of likely N-dealkylation sites (tertiary alicyclic amines) is 2. The number of aromatic amines is 1. The highest BCUT2D eigenvalue weighted by molar-refractivity contribution is 5.79. The predicted octanol–water partition coefficient (Wildman–Crippen LogP) is 3.18. The van der Waals surface area contributed by atoms with Gasteiger partial charge in [-0.3, -0.25) is 14.8 Å². The number of piperidine rings is 2. The molecule has 0 bridgehead atoms. The summed E-state index contributed by atoms with van der Waals surface area (Å²) in [7, 11) is 0. The van der Waals surface area contributed by atoms with E-state index in [1.54, 1.807) is 6.26 Å². The van der Waals surface area contributed by atoms with Crippen molar-refractivity contribution in [2.45, 2.75) is 51.5 Å². The van der Waals surface area contributed by atoms with Crippen LogP contribution in [-0.2, 0) is 17.8 Å². The standard InChI is InChI=1S/C21H30N4O2/c1-2-16-14-22-23-20(16)17-7-11-25(12-8-17)21(26)18-5-9-24(10-6-18)15-19-4-3-13-27-19/h3-4,13-14,17-18H,2,5-12,15H2,1H3,(H,22,23). The first-order valence-corrected chi connectivity index (χ1v) is 10.3. The van der Waals surface area contributed by atoms with Crippen LogP contribution in [0.4, 0.5) is 0 Å². The summed E-state index contributed by atoms with van der Waals surface area (Å²) in [6.45, 7) is 6.72. The van der Waals surface area contributed by atoms with E-state index in [4.69, 9.17) is 4.42 Å². The van der Waals surface area contributed by atoms with Gasteiger partial charge in [-0.05, 0) is 62.9 Å². The van der Waals surface area contributed by atoms with Gasteiger partial charge in [-0.1, -0.05) is 6.92 Å². The summed E-state index contributed by atoms with van der Waals surface area (Å²) in [5, 5.41) is 7.40. The highest BCUT2D eigenvalue weighted by Gasteiger charge is 2.32. The first-order chi connectivity index (χ1) is 13.2. The number of hydrogen-bond donors (Lipinski definition) is 1. The maximum atomic E-state index is 13.0. The van der Waals surface area contributed by atoms with E-state index in [0.717, 1.165) is 70.6 Å². The molecule has 4 rings (SSSR count). The zero-order valence-electron chi connectivity index (χ0n) is 16.2. The Morgan fingerprint density at radius 2 is 2.00 bits per heavy atom. The van der Waals surface area contributed by atoms with E-state index in [9.17, 15) is 4.79 Å². The Balaban J connectivity index is 1.25. The molecule has 0 aliphatic carbocycles. The third-order valence-corrected chi connectivity index (χ3v) is 6.24. The number of H-pyrrole nitrogens is 1. The number of aryl methyl sites for hydroxylation is 1. The summed E-state index contributed by atoms with van der Waals surface area (Å²) in [5.74, 6) is 2.08. The maximum Gasteiger partial charge on any atom is 0.225 e. The molecule has 4 heterocycles. The first kappa shape index (κ1) is 18.3. The Hall–Kier alpha value is -2.08. The Bertz CT molecular complexity index is 723. The van der Waals surface area contributed by atoms with E-state index in [1.165, 1.54) is 11.3 Å². The molecule has 1 N–H and O–H groups in total. The molecule has 2 aliphatic heterocycles. The zero-order valence-corrected chi connectivity index (χ0v) is 16.2. The van der Waals surface area contributed by atoms with Gasteiger partial charge in [0.1, 0.15) is 5.76 Å². The van der Waals surface area contributed by atoms with Gasteiger partial charge in [-0.25, -0.2) is 0 Å². The van der Waals surface area contributed by atoms with Crippen molar-refractivity contribution in [3.63, 3.8) is 0 Å². The minimum atomic E-state index is 0.188. The quantitative estimate of drug-likeness (QED) is 0.878. The molecule has 1 amide bonds. The largest absolute Gasteiger partial charge is 0.468 e. The fourth-order valence-electron chi connectivity index (χ4n) is 4.56. The molecule has 0 spiro atoms. The number of rotatable bonds is 5. The summed E-state index contributed by atoms with van der Waals surface area (Å²) in [6.07, 6.45) is 8.68. The lowest BCUT2D eigenvalue weighted by molar-refractivity contribution is -0.138. The number of carbonyl (C=O) groups excluding carboxylic acids is 1. The number of nitrogens with zero attached hydrogens (tertiary/aromatic N) is 3. The lowest BCUT2D eigenvalue weighted by atomic mass is 9.89. The smallest absolute Gasteiger partial charge is 0.225 e. The molecule has 146 valence electrons. The maximum absolute atomic E-state index is 13.0. The van der Waals surface area contributed by atoms with E-state index < -0.39 is 0 Å². The summed E-state index contributed by atoms with van der Waals surface area (Å²) in [6, 6.07) is 3.95. The minimum Gasteiger partial charge on any atom is -0.468 e. The van der Waals surface area contributed by atoms with Crippen LogP contribution in [0.5, 0.6) is 0 Å². The monoisotopic (exact) mass is 370 g/mol. The number of aromatic nitrogens is 2. The van der Waals surface area contributed by atoms with Gasteiger partial charge in [-0.15, -0.1) is 0 Å². The Kier molecular flexibility index (Phi) is 5.62. The number of hydrogen-bond acceptors (Lipinski definition) is 4. The molecule has 27 heavy (non-hydrogen) atoms. The predicted molar refractivity (Wildman–Crippen MR) is 103 cm³/mol. The molecule has 2 aromatic rings. The number of carbonyl (C=O) groups is 1. The van der Waals surface area contributed by atoms with Crippen molar-refractivity contribution >= 4 is 5.91 Å². The second kappa shape index (κ2) is 8.30. The fraction of sp³-hybridized carbons (Fsp3) is 0.619. The van der Waals surface area contributed by atoms with Crippen LogP contribution in [-0.4, -0.2) is 52.1 Å². The van der Waals surface area contributed by atoms with Crippen molar-refractivity contribution in [2.75, 3.05) is 26.2 Å². The van der Waals surface area contributed by atoms with Gasteiger partial charge in [-0.2, -0.15) is 5.10 Å². The summed E-state index contributed by atoms with van der Waals surface area (Å²) < 4.78 is 5.44. The molecule has 6 nitrogen and oxygen atoms in total. The number of nitrogens with one attached hydrogen (secondary N) is 1. The first-order valence-electron chi connectivity index (χ1n) is 10.3. The van der Waals surface area contributed by atoms with Gasteiger partial charge in [0.25, 0.3) is 0 Å². The second-order valence-corrected chi connectivity index (χ2v) is 7.89. The van der Waals surface area contributed by atoms with E-state index in [1.807, 2.05) is 18.3 Å². The van der Waals surface area contributed by atoms with Crippen molar-refractivity contribution in [2.24, 2.45) is 5.92 Å². The Morgan fingerprint density at radius 3 is 2.67 bits per heavy atom. The normalized spacial score (nSPS) is 20.3. The molecular formula is C21H30N4O2. The Labute approximate surface area is 160 Å². The average molecular weight is 370 g/mol. The van der Waals surface area contributed by atoms with Crippen molar-refractivity contribution in [1.29, 1.82) is 0 Å². The van der Waals surface area contributed by atoms with Crippen LogP contribution in [0.2, 0.25) is 0 Å². The van der Waals surface area contributed by atoms with Gasteiger partial charge in [0.15, 0.2) is 0 Å². The molecule has 0 aromatic carbocycles. The van der Waals surface area contributed by atoms with Crippen molar-refractivity contribution in [3.05, 3.63) is 41.6 Å². The van der Waals surface area contributed by atoms with Crippen LogP contribution < -0.4 is 0 Å². The minimum absolute atomic E-state index is 0.188. The highest BCUT2D eigenvalue weighted by Crippen LogP contribution is 2.31. The van der Waals surface area contributed by atoms with E-state index >= 15 is 0 Å². The fourth-order valence-corrected chi connectivity index (χ4v) is 4.56. The summed E-state index contributed by atoms with van der Waals surface area (Å²) >= 11 is 0. The van der Waals surface area contributed by atoms with Gasteiger partial charge in [0.05, 0.1) is 19.0 Å². The van der Waals surface area contributed by atoms with Crippen molar-refractivity contribution in [1.82, 2.24) is 20.0 Å². The van der Waals surface area contributed by atoms with Crippen LogP contribution in [0.1, 0.15) is 55.5 Å². The van der Waals surface area contributed by atoms with Gasteiger partial charge >= 0.3 is 0 Å².